The van der Waals surface area contributed by atoms with Gasteiger partial charge in [-0.1, -0.05) is 42.5 Å². The van der Waals surface area contributed by atoms with E-state index in [9.17, 15) is 5.11 Å². The maximum Gasteiger partial charge on any atom is 0.0762 e. The van der Waals surface area contributed by atoms with Crippen molar-refractivity contribution in [3.8, 4) is 0 Å². The van der Waals surface area contributed by atoms with Gasteiger partial charge in [0.05, 0.1) is 18.8 Å². The average molecular weight is 204 g/mol. The molecule has 0 unspecified atom stereocenters. The quantitative estimate of drug-likeness (QED) is 0.765. The van der Waals surface area contributed by atoms with Crippen LogP contribution in [0.5, 0.6) is 0 Å². The zero-order valence-electron chi connectivity index (χ0n) is 8.67. The summed E-state index contributed by atoms with van der Waals surface area (Å²) in [5.41, 5.74) is 1.19. The van der Waals surface area contributed by atoms with Crippen molar-refractivity contribution in [3.05, 3.63) is 48.0 Å². The summed E-state index contributed by atoms with van der Waals surface area (Å²) >= 11 is 0. The van der Waals surface area contributed by atoms with Crippen LogP contribution in [-0.2, 0) is 11.3 Å². The molecule has 2 rings (SSSR count). The first-order valence-electron chi connectivity index (χ1n) is 5.36. The number of aliphatic hydroxyl groups is 1. The van der Waals surface area contributed by atoms with E-state index in [-0.39, 0.29) is 12.2 Å². The average Bonchev–Trinajstić information content (AvgIpc) is 2.30. The molecule has 0 fully saturated rings. The fourth-order valence-electron chi connectivity index (χ4n) is 1.70. The number of rotatable bonds is 3. The summed E-state index contributed by atoms with van der Waals surface area (Å²) in [4.78, 5) is 0. The van der Waals surface area contributed by atoms with Crippen LogP contribution < -0.4 is 0 Å². The highest BCUT2D eigenvalue weighted by atomic mass is 16.5. The van der Waals surface area contributed by atoms with Crippen LogP contribution in [0.25, 0.3) is 0 Å². The summed E-state index contributed by atoms with van der Waals surface area (Å²) < 4.78 is 5.72. The minimum absolute atomic E-state index is 0.161. The molecule has 0 radical (unpaired) electrons. The molecule has 0 amide bonds. The molecule has 0 saturated carbocycles. The van der Waals surface area contributed by atoms with E-state index in [4.69, 9.17) is 4.74 Å². The molecular weight excluding hydrogens is 188 g/mol. The molecule has 1 aliphatic carbocycles. The fourth-order valence-corrected chi connectivity index (χ4v) is 1.70. The monoisotopic (exact) mass is 204 g/mol. The first kappa shape index (κ1) is 10.4. The van der Waals surface area contributed by atoms with Crippen LogP contribution in [0.4, 0.5) is 0 Å². The minimum atomic E-state index is -0.276. The lowest BCUT2D eigenvalue weighted by atomic mass is 10.0. The Morgan fingerprint density at radius 2 is 1.93 bits per heavy atom. The minimum Gasteiger partial charge on any atom is -0.389 e. The third-order valence-corrected chi connectivity index (χ3v) is 2.60. The molecule has 2 atom stereocenters. The second kappa shape index (κ2) is 5.10. The van der Waals surface area contributed by atoms with Gasteiger partial charge in [0, 0.05) is 0 Å². The summed E-state index contributed by atoms with van der Waals surface area (Å²) in [6.45, 7) is 0.645. The van der Waals surface area contributed by atoms with Gasteiger partial charge in [0.15, 0.2) is 0 Å². The van der Waals surface area contributed by atoms with Crippen LogP contribution in [0.1, 0.15) is 18.4 Å². The summed E-state index contributed by atoms with van der Waals surface area (Å²) in [5.74, 6) is 0. The van der Waals surface area contributed by atoms with Gasteiger partial charge in [-0.05, 0) is 18.4 Å². The number of ether oxygens (including phenoxy) is 1. The van der Waals surface area contributed by atoms with E-state index in [1.807, 2.05) is 30.4 Å². The van der Waals surface area contributed by atoms with E-state index in [2.05, 4.69) is 12.1 Å². The van der Waals surface area contributed by atoms with Gasteiger partial charge in [-0.15, -0.1) is 0 Å². The molecule has 0 bridgehead atoms. The van der Waals surface area contributed by atoms with Crippen molar-refractivity contribution in [2.24, 2.45) is 0 Å². The zero-order valence-corrected chi connectivity index (χ0v) is 8.67. The predicted molar refractivity (Wildman–Crippen MR) is 59.4 cm³/mol. The van der Waals surface area contributed by atoms with Crippen LogP contribution in [-0.4, -0.2) is 17.3 Å². The van der Waals surface area contributed by atoms with E-state index < -0.39 is 0 Å². The van der Waals surface area contributed by atoms with E-state index in [0.29, 0.717) is 6.61 Å². The number of hydrogen-bond donors (Lipinski definition) is 1. The molecule has 2 nitrogen and oxygen atoms in total. The Morgan fingerprint density at radius 1 is 1.13 bits per heavy atom. The highest BCUT2D eigenvalue weighted by Gasteiger charge is 2.13. The molecule has 0 saturated heterocycles. The number of benzene rings is 1. The maximum absolute atomic E-state index is 9.27. The maximum atomic E-state index is 9.27. The van der Waals surface area contributed by atoms with Gasteiger partial charge < -0.3 is 9.84 Å². The molecule has 0 aromatic heterocycles. The Hall–Kier alpha value is -1.12. The SMILES string of the molecule is O[C@H]1C=C[C@H](OCc2ccccc2)CC1. The van der Waals surface area contributed by atoms with Crippen LogP contribution >= 0.6 is 0 Å². The van der Waals surface area contributed by atoms with Crippen molar-refractivity contribution in [1.82, 2.24) is 0 Å². The van der Waals surface area contributed by atoms with Crippen LogP contribution in [0.3, 0.4) is 0 Å². The Morgan fingerprint density at radius 3 is 2.60 bits per heavy atom. The molecule has 1 N–H and O–H groups in total. The molecule has 1 aromatic carbocycles. The summed E-state index contributed by atoms with van der Waals surface area (Å²) in [6.07, 6.45) is 5.37. The highest BCUT2D eigenvalue weighted by molar-refractivity contribution is 5.13. The van der Waals surface area contributed by atoms with Crippen molar-refractivity contribution in [2.75, 3.05) is 0 Å². The van der Waals surface area contributed by atoms with Crippen molar-refractivity contribution >= 4 is 0 Å². The van der Waals surface area contributed by atoms with Crippen molar-refractivity contribution in [1.29, 1.82) is 0 Å². The molecule has 0 heterocycles. The molecular formula is C13H16O2. The van der Waals surface area contributed by atoms with Gasteiger partial charge in [0.2, 0.25) is 0 Å². The standard InChI is InChI=1S/C13H16O2/c14-12-6-8-13(9-7-12)15-10-11-4-2-1-3-5-11/h1-6,8,12-14H,7,9-10H2/t12-,13-/m0/s1. The Balaban J connectivity index is 1.82. The third-order valence-electron chi connectivity index (χ3n) is 2.60. The topological polar surface area (TPSA) is 29.5 Å². The van der Waals surface area contributed by atoms with Crippen molar-refractivity contribution in [3.63, 3.8) is 0 Å². The highest BCUT2D eigenvalue weighted by Crippen LogP contribution is 2.15. The lowest BCUT2D eigenvalue weighted by Gasteiger charge is -2.20. The van der Waals surface area contributed by atoms with Crippen LogP contribution in [0.2, 0.25) is 0 Å². The summed E-state index contributed by atoms with van der Waals surface area (Å²) in [6, 6.07) is 10.1. The molecule has 0 aliphatic heterocycles. The lowest BCUT2D eigenvalue weighted by molar-refractivity contribution is 0.0496. The fraction of sp³-hybridized carbons (Fsp3) is 0.385. The normalized spacial score (nSPS) is 25.4. The predicted octanol–water partition coefficient (Wildman–Crippen LogP) is 2.28. The molecule has 15 heavy (non-hydrogen) atoms. The Kier molecular flexibility index (Phi) is 3.54. The van der Waals surface area contributed by atoms with Crippen LogP contribution in [0.15, 0.2) is 42.5 Å². The number of hydrogen-bond acceptors (Lipinski definition) is 2. The lowest BCUT2D eigenvalue weighted by Crippen LogP contribution is -2.18. The molecule has 2 heteroatoms. The third kappa shape index (κ3) is 3.18. The van der Waals surface area contributed by atoms with E-state index in [1.54, 1.807) is 0 Å². The molecule has 0 spiro atoms. The number of aliphatic hydroxyl groups excluding tert-OH is 1. The van der Waals surface area contributed by atoms with Gasteiger partial charge in [-0.2, -0.15) is 0 Å². The van der Waals surface area contributed by atoms with E-state index in [0.717, 1.165) is 12.8 Å². The van der Waals surface area contributed by atoms with E-state index in [1.165, 1.54) is 5.56 Å². The van der Waals surface area contributed by atoms with Gasteiger partial charge in [0.25, 0.3) is 0 Å². The summed E-state index contributed by atoms with van der Waals surface area (Å²) in [7, 11) is 0. The first-order chi connectivity index (χ1) is 7.34. The Labute approximate surface area is 90.2 Å². The summed E-state index contributed by atoms with van der Waals surface area (Å²) in [5, 5.41) is 9.27. The van der Waals surface area contributed by atoms with Crippen LogP contribution in [0, 0.1) is 0 Å². The molecule has 1 aliphatic rings. The smallest absolute Gasteiger partial charge is 0.0762 e. The largest absolute Gasteiger partial charge is 0.389 e. The van der Waals surface area contributed by atoms with Gasteiger partial charge in [0.1, 0.15) is 0 Å². The second-order valence-electron chi connectivity index (χ2n) is 3.86. The van der Waals surface area contributed by atoms with Crippen molar-refractivity contribution < 1.29 is 9.84 Å². The molecule has 80 valence electrons. The molecule has 1 aromatic rings. The van der Waals surface area contributed by atoms with Gasteiger partial charge in [-0.3, -0.25) is 0 Å². The first-order valence-corrected chi connectivity index (χ1v) is 5.36. The van der Waals surface area contributed by atoms with Gasteiger partial charge in [-0.25, -0.2) is 0 Å². The van der Waals surface area contributed by atoms with Gasteiger partial charge >= 0.3 is 0 Å². The van der Waals surface area contributed by atoms with E-state index >= 15 is 0 Å². The second-order valence-corrected chi connectivity index (χ2v) is 3.86. The Bertz CT molecular complexity index is 319. The van der Waals surface area contributed by atoms with Crippen molar-refractivity contribution in [2.45, 2.75) is 31.7 Å². The zero-order chi connectivity index (χ0) is 10.5.